The molecule has 1 aliphatic carbocycles. The summed E-state index contributed by atoms with van der Waals surface area (Å²) in [4.78, 5) is 57.9. The average Bonchev–Trinajstić information content (AvgIpc) is 3.95. The Labute approximate surface area is 280 Å². The molecular weight excluding hydrogens is 606 g/mol. The summed E-state index contributed by atoms with van der Waals surface area (Å²) in [5.41, 5.74) is 6.14. The number of ether oxygens (including phenoxy) is 1. The number of aromatic amines is 2. The molecule has 4 atom stereocenters. The van der Waals surface area contributed by atoms with Gasteiger partial charge in [0.25, 0.3) is 0 Å². The molecule has 250 valence electrons. The number of hydrogen-bond donors (Lipinski definition) is 3. The van der Waals surface area contributed by atoms with Gasteiger partial charge in [-0.15, -0.1) is 0 Å². The van der Waals surface area contributed by atoms with Crippen molar-refractivity contribution in [1.82, 2.24) is 35.1 Å². The van der Waals surface area contributed by atoms with Gasteiger partial charge in [-0.2, -0.15) is 0 Å². The summed E-state index contributed by atoms with van der Waals surface area (Å²) in [6.07, 6.45) is 10.4. The number of H-pyrrole nitrogens is 2. The van der Waals surface area contributed by atoms with Crippen LogP contribution in [0.2, 0.25) is 0 Å². The van der Waals surface area contributed by atoms with Crippen molar-refractivity contribution >= 4 is 17.9 Å². The Balaban J connectivity index is 1.01. The summed E-state index contributed by atoms with van der Waals surface area (Å²) in [5, 5.41) is 2.90. The first-order chi connectivity index (χ1) is 23.4. The van der Waals surface area contributed by atoms with E-state index in [4.69, 9.17) is 9.72 Å². The minimum atomic E-state index is -0.484. The first-order valence-electron chi connectivity index (χ1n) is 17.1. The van der Waals surface area contributed by atoms with Gasteiger partial charge in [0.05, 0.1) is 48.9 Å². The number of nitrogens with one attached hydrogen (secondary N) is 3. The number of rotatable bonds is 7. The van der Waals surface area contributed by atoms with Crippen molar-refractivity contribution < 1.29 is 19.1 Å². The molecule has 2 saturated heterocycles. The van der Waals surface area contributed by atoms with Crippen LogP contribution in [0.15, 0.2) is 60.9 Å². The van der Waals surface area contributed by atoms with Crippen LogP contribution in [0.3, 0.4) is 0 Å². The van der Waals surface area contributed by atoms with Gasteiger partial charge in [-0.1, -0.05) is 61.4 Å². The van der Waals surface area contributed by atoms with Crippen LogP contribution in [0.4, 0.5) is 4.79 Å². The lowest BCUT2D eigenvalue weighted by Crippen LogP contribution is -2.49. The predicted molar refractivity (Wildman–Crippen MR) is 181 cm³/mol. The number of amides is 3. The number of aromatic nitrogens is 4. The molecule has 11 nitrogen and oxygen atoms in total. The topological polar surface area (TPSA) is 136 Å². The Bertz CT molecular complexity index is 1760. The van der Waals surface area contributed by atoms with Gasteiger partial charge in [-0.3, -0.25) is 9.59 Å². The number of carbonyl (C=O) groups is 3. The quantitative estimate of drug-likeness (QED) is 0.212. The van der Waals surface area contributed by atoms with Crippen molar-refractivity contribution in [2.75, 3.05) is 20.2 Å². The molecule has 48 heavy (non-hydrogen) atoms. The van der Waals surface area contributed by atoms with E-state index in [2.05, 4.69) is 68.8 Å². The van der Waals surface area contributed by atoms with Gasteiger partial charge in [0.15, 0.2) is 0 Å². The monoisotopic (exact) mass is 649 g/mol. The SMILES string of the molecule is COC(=O)N[C@@H]1CCCC[C@@H]1C(=O)N1CCC[C@H]1c1ncc(-c2ccc(-c3ccc(-c4cnc([C@@H]5CCCN5C(C)=O)[nH]4)cc3)cc2)[nH]1. The molecule has 3 amide bonds. The molecule has 11 heteroatoms. The number of methoxy groups -OCH3 is 1. The standard InChI is InChI=1S/C37H43N7O4/c1-23(45)43-19-5-9-32(43)34-38-21-30(40-34)26-15-11-24(12-16-26)25-13-17-27(18-14-25)31-22-39-35(41-31)33-10-6-20-44(33)36(46)28-7-3-4-8-29(28)42-37(47)48-2/h11-18,21-22,28-29,32-33H,3-10,19-20H2,1-2H3,(H,38,40)(H,39,41)(H,42,47)/t28-,29+,32-,33-/m0/s1. The van der Waals surface area contributed by atoms with E-state index in [1.807, 2.05) is 22.2 Å². The van der Waals surface area contributed by atoms with Gasteiger partial charge >= 0.3 is 6.09 Å². The fourth-order valence-corrected chi connectivity index (χ4v) is 7.75. The predicted octanol–water partition coefficient (Wildman–Crippen LogP) is 6.40. The average molecular weight is 650 g/mol. The highest BCUT2D eigenvalue weighted by atomic mass is 16.5. The van der Waals surface area contributed by atoms with E-state index in [0.717, 1.165) is 103 Å². The first kappa shape index (κ1) is 31.7. The van der Waals surface area contributed by atoms with Gasteiger partial charge in [-0.25, -0.2) is 14.8 Å². The Morgan fingerprint density at radius 1 is 0.708 bits per heavy atom. The number of alkyl carbamates (subject to hydrolysis) is 1. The maximum atomic E-state index is 13.8. The number of imidazole rings is 2. The molecule has 2 aromatic heterocycles. The van der Waals surface area contributed by atoms with Gasteiger partial charge < -0.3 is 29.8 Å². The van der Waals surface area contributed by atoms with Gasteiger partial charge in [0, 0.05) is 26.1 Å². The molecule has 2 aromatic carbocycles. The molecule has 3 aliphatic rings. The van der Waals surface area contributed by atoms with Gasteiger partial charge in [-0.05, 0) is 60.8 Å². The van der Waals surface area contributed by atoms with Crippen molar-refractivity contribution in [3.8, 4) is 33.6 Å². The van der Waals surface area contributed by atoms with E-state index in [1.165, 1.54) is 7.11 Å². The van der Waals surface area contributed by atoms with Gasteiger partial charge in [0.1, 0.15) is 11.6 Å². The summed E-state index contributed by atoms with van der Waals surface area (Å²) in [5.74, 6) is 1.58. The smallest absolute Gasteiger partial charge is 0.407 e. The van der Waals surface area contributed by atoms with Crippen LogP contribution in [0.25, 0.3) is 33.6 Å². The molecule has 3 N–H and O–H groups in total. The maximum absolute atomic E-state index is 13.8. The lowest BCUT2D eigenvalue weighted by molar-refractivity contribution is -0.138. The van der Waals surface area contributed by atoms with Crippen molar-refractivity contribution in [2.24, 2.45) is 5.92 Å². The molecule has 0 bridgehead atoms. The minimum absolute atomic E-state index is 0.0192. The zero-order chi connectivity index (χ0) is 33.2. The third-order valence-electron chi connectivity index (χ3n) is 10.3. The molecule has 0 unspecified atom stereocenters. The molecule has 2 aliphatic heterocycles. The van der Waals surface area contributed by atoms with Crippen LogP contribution < -0.4 is 5.32 Å². The van der Waals surface area contributed by atoms with Crippen LogP contribution in [-0.2, 0) is 14.3 Å². The van der Waals surface area contributed by atoms with Crippen LogP contribution in [-0.4, -0.2) is 73.9 Å². The highest BCUT2D eigenvalue weighted by Crippen LogP contribution is 2.36. The van der Waals surface area contributed by atoms with E-state index >= 15 is 0 Å². The summed E-state index contributed by atoms with van der Waals surface area (Å²) in [7, 11) is 1.35. The lowest BCUT2D eigenvalue weighted by Gasteiger charge is -2.35. The maximum Gasteiger partial charge on any atom is 0.407 e. The third kappa shape index (κ3) is 6.33. The van der Waals surface area contributed by atoms with E-state index in [9.17, 15) is 14.4 Å². The fourth-order valence-electron chi connectivity index (χ4n) is 7.75. The molecular formula is C37H43N7O4. The van der Waals surface area contributed by atoms with E-state index in [0.29, 0.717) is 6.54 Å². The number of carbonyl (C=O) groups excluding carboxylic acids is 3. The van der Waals surface area contributed by atoms with E-state index in [1.54, 1.807) is 6.92 Å². The number of hydrogen-bond acceptors (Lipinski definition) is 6. The summed E-state index contributed by atoms with van der Waals surface area (Å²) < 4.78 is 4.82. The molecule has 7 rings (SSSR count). The Hall–Kier alpha value is -4.93. The van der Waals surface area contributed by atoms with Crippen LogP contribution in [0, 0.1) is 5.92 Å². The Kier molecular flexibility index (Phi) is 9.01. The molecule has 4 aromatic rings. The van der Waals surface area contributed by atoms with Crippen molar-refractivity contribution in [1.29, 1.82) is 0 Å². The highest BCUT2D eigenvalue weighted by molar-refractivity contribution is 5.81. The largest absolute Gasteiger partial charge is 0.453 e. The molecule has 0 spiro atoms. The molecule has 4 heterocycles. The van der Waals surface area contributed by atoms with Crippen LogP contribution in [0.5, 0.6) is 0 Å². The highest BCUT2D eigenvalue weighted by Gasteiger charge is 2.40. The van der Waals surface area contributed by atoms with Crippen LogP contribution in [0.1, 0.15) is 82.0 Å². The second-order valence-electron chi connectivity index (χ2n) is 13.2. The molecule has 0 radical (unpaired) electrons. The van der Waals surface area contributed by atoms with Gasteiger partial charge in [0.2, 0.25) is 11.8 Å². The molecule has 1 saturated carbocycles. The minimum Gasteiger partial charge on any atom is -0.453 e. The normalized spacial score (nSPS) is 22.5. The fraction of sp³-hybridized carbons (Fsp3) is 0.432. The summed E-state index contributed by atoms with van der Waals surface area (Å²) in [6, 6.07) is 16.5. The summed E-state index contributed by atoms with van der Waals surface area (Å²) in [6.45, 7) is 3.09. The molecule has 3 fully saturated rings. The zero-order valence-corrected chi connectivity index (χ0v) is 27.6. The lowest BCUT2D eigenvalue weighted by atomic mass is 9.83. The number of likely N-dealkylation sites (tertiary alicyclic amines) is 2. The second kappa shape index (κ2) is 13.7. The number of nitrogens with zero attached hydrogens (tertiary/aromatic N) is 4. The van der Waals surface area contributed by atoms with E-state index in [-0.39, 0.29) is 35.9 Å². The third-order valence-corrected chi connectivity index (χ3v) is 10.3. The Morgan fingerprint density at radius 3 is 1.75 bits per heavy atom. The Morgan fingerprint density at radius 2 is 1.21 bits per heavy atom. The number of benzene rings is 2. The van der Waals surface area contributed by atoms with Crippen molar-refractivity contribution in [3.63, 3.8) is 0 Å². The van der Waals surface area contributed by atoms with E-state index < -0.39 is 6.09 Å². The second-order valence-corrected chi connectivity index (χ2v) is 13.2. The van der Waals surface area contributed by atoms with Crippen LogP contribution >= 0.6 is 0 Å². The first-order valence-corrected chi connectivity index (χ1v) is 17.1. The van der Waals surface area contributed by atoms with Crippen molar-refractivity contribution in [2.45, 2.75) is 76.4 Å². The van der Waals surface area contributed by atoms with Crippen molar-refractivity contribution in [3.05, 3.63) is 72.6 Å². The zero-order valence-electron chi connectivity index (χ0n) is 27.6. The summed E-state index contributed by atoms with van der Waals surface area (Å²) >= 11 is 0.